The van der Waals surface area contributed by atoms with Gasteiger partial charge in [0.05, 0.1) is 39.1 Å². The highest BCUT2D eigenvalue weighted by molar-refractivity contribution is 6.13. The van der Waals surface area contributed by atoms with Crippen LogP contribution in [-0.2, 0) is 0 Å². The van der Waals surface area contributed by atoms with Crippen molar-refractivity contribution in [3.8, 4) is 33.9 Å². The van der Waals surface area contributed by atoms with Crippen LogP contribution in [0.5, 0.6) is 0 Å². The van der Waals surface area contributed by atoms with Gasteiger partial charge in [-0.15, -0.1) is 0 Å². The number of hydrogen-bond acceptors (Lipinski definition) is 4. The monoisotopic (exact) mass is 564 g/mol. The summed E-state index contributed by atoms with van der Waals surface area (Å²) in [6.07, 6.45) is 3.67. The van der Waals surface area contributed by atoms with Crippen molar-refractivity contribution in [2.45, 2.75) is 0 Å². The van der Waals surface area contributed by atoms with E-state index in [1.807, 2.05) is 67.0 Å². The highest BCUT2D eigenvalue weighted by Gasteiger charge is 2.21. The molecule has 0 amide bonds. The van der Waals surface area contributed by atoms with E-state index in [2.05, 4.69) is 88.0 Å². The first-order valence-electron chi connectivity index (χ1n) is 14.6. The Labute approximate surface area is 252 Å². The Hall–Kier alpha value is -6.14. The molecule has 0 unspecified atom stereocenters. The van der Waals surface area contributed by atoms with E-state index in [0.29, 0.717) is 0 Å². The van der Waals surface area contributed by atoms with Gasteiger partial charge in [-0.1, -0.05) is 78.9 Å². The summed E-state index contributed by atoms with van der Waals surface area (Å²) in [5.41, 5.74) is 13.3. The van der Waals surface area contributed by atoms with Crippen LogP contribution in [0.3, 0.4) is 0 Å². The molecule has 6 aromatic heterocycles. The fourth-order valence-electron chi connectivity index (χ4n) is 6.25. The molecule has 0 atom stereocenters. The van der Waals surface area contributed by atoms with Crippen LogP contribution in [0.1, 0.15) is 0 Å². The van der Waals surface area contributed by atoms with Crippen LogP contribution in [0.4, 0.5) is 0 Å². The molecule has 0 bridgehead atoms. The average Bonchev–Trinajstić information content (AvgIpc) is 3.60. The lowest BCUT2D eigenvalue weighted by Gasteiger charge is -2.13. The smallest absolute Gasteiger partial charge is 0.116 e. The molecule has 0 fully saturated rings. The summed E-state index contributed by atoms with van der Waals surface area (Å²) >= 11 is 0. The lowest BCUT2D eigenvalue weighted by atomic mass is 10.1. The standard InChI is InChI=1S/C38H24N6/c1-4-12-25(13-5-1)29-22-28(23-30(41-29)26-14-6-2-7-15-26)44-32-19-11-21-40-36(32)38-34(44)24-33-37(42-38)35-31(18-10-20-39-35)43(33)27-16-8-3-9-17-27/h1-24H. The summed E-state index contributed by atoms with van der Waals surface area (Å²) in [6.45, 7) is 0. The maximum atomic E-state index is 5.31. The molecule has 3 aromatic carbocycles. The molecule has 0 aliphatic rings. The quantitative estimate of drug-likeness (QED) is 0.214. The van der Waals surface area contributed by atoms with E-state index in [-0.39, 0.29) is 0 Å². The largest absolute Gasteiger partial charge is 0.306 e. The molecule has 0 radical (unpaired) electrons. The molecule has 44 heavy (non-hydrogen) atoms. The van der Waals surface area contributed by atoms with Crippen LogP contribution in [0, 0.1) is 0 Å². The predicted molar refractivity (Wildman–Crippen MR) is 177 cm³/mol. The summed E-state index contributed by atoms with van der Waals surface area (Å²) in [5, 5.41) is 0. The van der Waals surface area contributed by atoms with Crippen molar-refractivity contribution in [3.05, 3.63) is 146 Å². The van der Waals surface area contributed by atoms with Crippen molar-refractivity contribution in [1.82, 2.24) is 29.1 Å². The van der Waals surface area contributed by atoms with E-state index in [0.717, 1.165) is 78.0 Å². The van der Waals surface area contributed by atoms with Gasteiger partial charge in [-0.05, 0) is 54.6 Å². The van der Waals surface area contributed by atoms with Crippen molar-refractivity contribution >= 4 is 44.1 Å². The predicted octanol–water partition coefficient (Wildman–Crippen LogP) is 8.79. The number of fused-ring (bicyclic) bond motifs is 6. The van der Waals surface area contributed by atoms with Crippen LogP contribution < -0.4 is 0 Å². The molecule has 6 heterocycles. The Morgan fingerprint density at radius 1 is 0.364 bits per heavy atom. The van der Waals surface area contributed by atoms with Crippen LogP contribution >= 0.6 is 0 Å². The first kappa shape index (κ1) is 24.5. The first-order chi connectivity index (χ1) is 21.8. The number of benzene rings is 3. The first-order valence-corrected chi connectivity index (χ1v) is 14.6. The number of rotatable bonds is 4. The van der Waals surface area contributed by atoms with Crippen molar-refractivity contribution in [1.29, 1.82) is 0 Å². The van der Waals surface area contributed by atoms with Gasteiger partial charge in [0.2, 0.25) is 0 Å². The van der Waals surface area contributed by atoms with Gasteiger partial charge in [0.1, 0.15) is 22.1 Å². The van der Waals surface area contributed by atoms with Crippen molar-refractivity contribution in [3.63, 3.8) is 0 Å². The number of para-hydroxylation sites is 1. The molecule has 9 aromatic rings. The Morgan fingerprint density at radius 3 is 1.36 bits per heavy atom. The minimum absolute atomic E-state index is 0.838. The van der Waals surface area contributed by atoms with Gasteiger partial charge in [0.25, 0.3) is 0 Å². The Kier molecular flexibility index (Phi) is 5.40. The molecule has 0 saturated carbocycles. The topological polar surface area (TPSA) is 61.4 Å². The zero-order valence-corrected chi connectivity index (χ0v) is 23.5. The molecule has 0 saturated heterocycles. The van der Waals surface area contributed by atoms with Crippen LogP contribution in [0.25, 0.3) is 78.0 Å². The third-order valence-electron chi connectivity index (χ3n) is 8.19. The van der Waals surface area contributed by atoms with Crippen molar-refractivity contribution in [2.75, 3.05) is 0 Å². The van der Waals surface area contributed by atoms with Crippen LogP contribution in [0.15, 0.2) is 146 Å². The second-order valence-electron chi connectivity index (χ2n) is 10.8. The second kappa shape index (κ2) is 9.71. The molecule has 6 nitrogen and oxygen atoms in total. The molecular weight excluding hydrogens is 540 g/mol. The third kappa shape index (κ3) is 3.75. The number of nitrogens with zero attached hydrogens (tertiary/aromatic N) is 6. The highest BCUT2D eigenvalue weighted by atomic mass is 15.1. The van der Waals surface area contributed by atoms with Gasteiger partial charge in [-0.3, -0.25) is 9.97 Å². The summed E-state index contributed by atoms with van der Waals surface area (Å²) in [5.74, 6) is 0. The van der Waals surface area contributed by atoms with Crippen molar-refractivity contribution < 1.29 is 0 Å². The summed E-state index contributed by atoms with van der Waals surface area (Å²) in [6, 6.07) is 45.8. The maximum Gasteiger partial charge on any atom is 0.116 e. The second-order valence-corrected chi connectivity index (χ2v) is 10.8. The Bertz CT molecular complexity index is 2420. The fourth-order valence-corrected chi connectivity index (χ4v) is 6.25. The number of aromatic nitrogens is 6. The zero-order chi connectivity index (χ0) is 29.0. The number of pyridine rings is 4. The van der Waals surface area contributed by atoms with E-state index in [9.17, 15) is 0 Å². The van der Waals surface area contributed by atoms with Gasteiger partial charge in [-0.2, -0.15) is 0 Å². The molecule has 0 spiro atoms. The summed E-state index contributed by atoms with van der Waals surface area (Å²) < 4.78 is 4.52. The number of hydrogen-bond donors (Lipinski definition) is 0. The molecule has 0 N–H and O–H groups in total. The minimum atomic E-state index is 0.838. The summed E-state index contributed by atoms with van der Waals surface area (Å²) in [7, 11) is 0. The molecule has 206 valence electrons. The highest BCUT2D eigenvalue weighted by Crippen LogP contribution is 2.37. The molecule has 6 heteroatoms. The van der Waals surface area contributed by atoms with E-state index in [1.54, 1.807) is 0 Å². The van der Waals surface area contributed by atoms with Crippen LogP contribution in [-0.4, -0.2) is 29.1 Å². The van der Waals surface area contributed by atoms with Crippen molar-refractivity contribution in [2.24, 2.45) is 0 Å². The Morgan fingerprint density at radius 2 is 0.841 bits per heavy atom. The SMILES string of the molecule is c1ccc(-c2cc(-n3c4cccnc4c4nc5c6ncccc6n(-c6ccccc6)c5cc43)cc(-c3ccccc3)n2)cc1. The minimum Gasteiger partial charge on any atom is -0.306 e. The lowest BCUT2D eigenvalue weighted by molar-refractivity contribution is 1.15. The molecule has 0 aliphatic carbocycles. The molecule has 0 aliphatic heterocycles. The zero-order valence-electron chi connectivity index (χ0n) is 23.5. The third-order valence-corrected chi connectivity index (χ3v) is 8.19. The molecule has 9 rings (SSSR count). The van der Waals surface area contributed by atoms with Gasteiger partial charge >= 0.3 is 0 Å². The van der Waals surface area contributed by atoms with E-state index in [4.69, 9.17) is 19.9 Å². The van der Waals surface area contributed by atoms with E-state index < -0.39 is 0 Å². The van der Waals surface area contributed by atoms with E-state index >= 15 is 0 Å². The normalized spacial score (nSPS) is 11.6. The average molecular weight is 565 g/mol. The Balaban J connectivity index is 1.41. The lowest BCUT2D eigenvalue weighted by Crippen LogP contribution is -1.99. The fraction of sp³-hybridized carbons (Fsp3) is 0. The maximum absolute atomic E-state index is 5.31. The van der Waals surface area contributed by atoms with Gasteiger partial charge < -0.3 is 9.13 Å². The van der Waals surface area contributed by atoms with Gasteiger partial charge in [0.15, 0.2) is 0 Å². The van der Waals surface area contributed by atoms with E-state index in [1.165, 1.54) is 0 Å². The van der Waals surface area contributed by atoms with Crippen LogP contribution in [0.2, 0.25) is 0 Å². The van der Waals surface area contributed by atoms with Gasteiger partial charge in [0, 0.05) is 29.2 Å². The van der Waals surface area contributed by atoms with Gasteiger partial charge in [-0.25, -0.2) is 9.97 Å². The molecular formula is C38H24N6. The summed E-state index contributed by atoms with van der Waals surface area (Å²) in [4.78, 5) is 20.0.